The average molecular weight is 448 g/mol. The maximum absolute atomic E-state index is 12.2. The Kier molecular flexibility index (Phi) is 5.80. The summed E-state index contributed by atoms with van der Waals surface area (Å²) in [6.45, 7) is 1.57. The molecule has 1 saturated heterocycles. The Bertz CT molecular complexity index is 1250. The van der Waals surface area contributed by atoms with Crippen LogP contribution in [-0.2, 0) is 29.8 Å². The van der Waals surface area contributed by atoms with Crippen molar-refractivity contribution in [1.29, 1.82) is 0 Å². The summed E-state index contributed by atoms with van der Waals surface area (Å²) in [6.07, 6.45) is 5.84. The van der Waals surface area contributed by atoms with Crippen LogP contribution in [0.4, 0.5) is 0 Å². The number of pyridine rings is 1. The van der Waals surface area contributed by atoms with E-state index in [-0.39, 0.29) is 24.8 Å². The summed E-state index contributed by atoms with van der Waals surface area (Å²) >= 11 is 0. The summed E-state index contributed by atoms with van der Waals surface area (Å²) in [5, 5.41) is 30.6. The molecule has 0 aromatic carbocycles. The van der Waals surface area contributed by atoms with E-state index < -0.39 is 5.60 Å². The Labute approximate surface area is 189 Å². The first-order chi connectivity index (χ1) is 16.1. The molecule has 33 heavy (non-hydrogen) atoms. The van der Waals surface area contributed by atoms with Gasteiger partial charge in [-0.3, -0.25) is 14.5 Å². The molecule has 1 aliphatic rings. The number of aromatic amines is 1. The van der Waals surface area contributed by atoms with Gasteiger partial charge in [-0.15, -0.1) is 10.2 Å². The van der Waals surface area contributed by atoms with Crippen LogP contribution in [0.3, 0.4) is 0 Å². The largest absolute Gasteiger partial charge is 0.379 e. The first-order valence-corrected chi connectivity index (χ1v) is 10.8. The van der Waals surface area contributed by atoms with E-state index in [0.717, 1.165) is 36.0 Å². The van der Waals surface area contributed by atoms with Gasteiger partial charge in [0.1, 0.15) is 0 Å². The third kappa shape index (κ3) is 4.73. The minimum Gasteiger partial charge on any atom is -0.379 e. The van der Waals surface area contributed by atoms with E-state index >= 15 is 0 Å². The molecule has 11 heteroatoms. The van der Waals surface area contributed by atoms with E-state index in [1.165, 1.54) is 0 Å². The lowest BCUT2D eigenvalue weighted by atomic mass is 9.98. The number of hydrogen-bond acceptors (Lipinski definition) is 8. The predicted octanol–water partition coefficient (Wildman–Crippen LogP) is 1.12. The minimum atomic E-state index is -0.952. The molecule has 1 aliphatic heterocycles. The summed E-state index contributed by atoms with van der Waals surface area (Å²) in [5.74, 6) is -0.278. The van der Waals surface area contributed by atoms with Gasteiger partial charge in [0, 0.05) is 18.1 Å². The van der Waals surface area contributed by atoms with Crippen LogP contribution in [0.25, 0.3) is 11.0 Å². The number of carbonyl (C=O) groups is 1. The van der Waals surface area contributed by atoms with Crippen molar-refractivity contribution in [3.05, 3.63) is 65.5 Å². The molecule has 3 N–H and O–H groups in total. The lowest BCUT2D eigenvalue weighted by Gasteiger charge is -2.35. The van der Waals surface area contributed by atoms with Crippen molar-refractivity contribution in [2.75, 3.05) is 13.2 Å². The summed E-state index contributed by atoms with van der Waals surface area (Å²) in [5.41, 5.74) is 2.37. The molecule has 4 aromatic rings. The second-order valence-corrected chi connectivity index (χ2v) is 8.17. The monoisotopic (exact) mass is 448 g/mol. The van der Waals surface area contributed by atoms with Crippen LogP contribution in [-0.4, -0.2) is 59.4 Å². The first kappa shape index (κ1) is 21.2. The predicted molar refractivity (Wildman–Crippen MR) is 117 cm³/mol. The van der Waals surface area contributed by atoms with Gasteiger partial charge < -0.3 is 20.1 Å². The Balaban J connectivity index is 1.09. The highest BCUT2D eigenvalue weighted by atomic mass is 16.5. The molecule has 5 heterocycles. The van der Waals surface area contributed by atoms with E-state index in [9.17, 15) is 9.90 Å². The summed E-state index contributed by atoms with van der Waals surface area (Å²) in [7, 11) is 0. The molecule has 0 radical (unpaired) electrons. The number of aryl methyl sites for hydroxylation is 2. The van der Waals surface area contributed by atoms with Crippen LogP contribution < -0.4 is 5.32 Å². The summed E-state index contributed by atoms with van der Waals surface area (Å²) in [6, 6.07) is 9.45. The van der Waals surface area contributed by atoms with E-state index in [4.69, 9.17) is 4.74 Å². The molecule has 1 fully saturated rings. The molecular formula is C22H24N8O3. The van der Waals surface area contributed by atoms with Crippen LogP contribution >= 0.6 is 0 Å². The maximum Gasteiger partial charge on any atom is 0.273 e. The molecule has 0 bridgehead atoms. The Morgan fingerprint density at radius 2 is 2.09 bits per heavy atom. The number of aliphatic hydroxyl groups is 1. The van der Waals surface area contributed by atoms with Crippen LogP contribution in [0, 0.1) is 0 Å². The second-order valence-electron chi connectivity index (χ2n) is 8.17. The number of fused-ring (bicyclic) bond motifs is 1. The molecule has 170 valence electrons. The lowest BCUT2D eigenvalue weighted by molar-refractivity contribution is -0.186. The third-order valence-corrected chi connectivity index (χ3v) is 5.61. The maximum atomic E-state index is 12.2. The number of ether oxygens (including phenoxy) is 1. The van der Waals surface area contributed by atoms with Crippen LogP contribution in [0.1, 0.15) is 40.4 Å². The lowest BCUT2D eigenvalue weighted by Crippen LogP contribution is -2.46. The molecule has 0 saturated carbocycles. The molecule has 5 rings (SSSR count). The van der Waals surface area contributed by atoms with Crippen molar-refractivity contribution < 1.29 is 14.6 Å². The van der Waals surface area contributed by atoms with Gasteiger partial charge in [-0.25, -0.2) is 0 Å². The average Bonchev–Trinajstić information content (AvgIpc) is 3.46. The van der Waals surface area contributed by atoms with Gasteiger partial charge in [0.25, 0.3) is 5.91 Å². The van der Waals surface area contributed by atoms with Crippen molar-refractivity contribution in [1.82, 2.24) is 40.5 Å². The van der Waals surface area contributed by atoms with E-state index in [2.05, 4.69) is 35.8 Å². The van der Waals surface area contributed by atoms with E-state index in [1.54, 1.807) is 17.1 Å². The van der Waals surface area contributed by atoms with Crippen LogP contribution in [0.2, 0.25) is 0 Å². The number of rotatable bonds is 9. The third-order valence-electron chi connectivity index (χ3n) is 5.61. The van der Waals surface area contributed by atoms with Crippen LogP contribution in [0.15, 0.2) is 42.7 Å². The number of hydrogen-bond donors (Lipinski definition) is 3. The zero-order valence-corrected chi connectivity index (χ0v) is 17.9. The second kappa shape index (κ2) is 9.04. The van der Waals surface area contributed by atoms with Gasteiger partial charge >= 0.3 is 0 Å². The molecule has 0 unspecified atom stereocenters. The number of H-pyrrole nitrogens is 1. The fraction of sp³-hybridized carbons (Fsp3) is 0.364. The van der Waals surface area contributed by atoms with Gasteiger partial charge in [0.05, 0.1) is 43.0 Å². The molecular weight excluding hydrogens is 424 g/mol. The van der Waals surface area contributed by atoms with Crippen LogP contribution in [0.5, 0.6) is 0 Å². The number of aromatic nitrogens is 7. The SMILES string of the molecule is O=C(NCc1ccccn1)c1cn(CCCCc2cc3cc(C4(O)COC4)[nH]c3nn2)nn1. The van der Waals surface area contributed by atoms with Gasteiger partial charge in [-0.1, -0.05) is 11.3 Å². The molecule has 0 aliphatic carbocycles. The van der Waals surface area contributed by atoms with Crippen molar-refractivity contribution in [2.45, 2.75) is 38.0 Å². The van der Waals surface area contributed by atoms with Crippen molar-refractivity contribution in [3.8, 4) is 0 Å². The molecule has 1 amide bonds. The number of amides is 1. The zero-order chi connectivity index (χ0) is 22.7. The molecule has 4 aromatic heterocycles. The van der Waals surface area contributed by atoms with E-state index in [0.29, 0.717) is 24.4 Å². The van der Waals surface area contributed by atoms with Crippen molar-refractivity contribution >= 4 is 16.9 Å². The minimum absolute atomic E-state index is 0.278. The van der Waals surface area contributed by atoms with Gasteiger partial charge in [0.15, 0.2) is 16.9 Å². The smallest absolute Gasteiger partial charge is 0.273 e. The van der Waals surface area contributed by atoms with Gasteiger partial charge in [-0.2, -0.15) is 5.10 Å². The normalized spacial score (nSPS) is 14.8. The molecule has 0 spiro atoms. The number of carbonyl (C=O) groups excluding carboxylic acids is 1. The fourth-order valence-electron chi connectivity index (χ4n) is 3.65. The summed E-state index contributed by atoms with van der Waals surface area (Å²) in [4.78, 5) is 19.5. The number of nitrogens with zero attached hydrogens (tertiary/aromatic N) is 6. The van der Waals surface area contributed by atoms with Gasteiger partial charge in [-0.05, 0) is 43.5 Å². The standard InChI is InChI=1S/C22H24N8O3/c31-21(24-11-17-6-1-3-7-23-17)18-12-30(29-27-18)8-4-2-5-16-9-15-10-19(22(32)13-33-14-22)25-20(15)28-26-16/h1,3,6-7,9-10,12,32H,2,4-5,8,11,13-14H2,(H,24,31)(H,25,28). The molecule has 0 atom stereocenters. The Morgan fingerprint density at radius 1 is 1.18 bits per heavy atom. The van der Waals surface area contributed by atoms with E-state index in [1.807, 2.05) is 30.3 Å². The van der Waals surface area contributed by atoms with Crippen molar-refractivity contribution in [3.63, 3.8) is 0 Å². The topological polar surface area (TPSA) is 144 Å². The highest BCUT2D eigenvalue weighted by Crippen LogP contribution is 2.30. The van der Waals surface area contributed by atoms with Gasteiger partial charge in [0.2, 0.25) is 0 Å². The number of unbranched alkanes of at least 4 members (excludes halogenated alkanes) is 1. The Hall–Kier alpha value is -3.70. The van der Waals surface area contributed by atoms with Crippen molar-refractivity contribution in [2.24, 2.45) is 0 Å². The molecule has 11 nitrogen and oxygen atoms in total. The number of nitrogens with one attached hydrogen (secondary N) is 2. The summed E-state index contributed by atoms with van der Waals surface area (Å²) < 4.78 is 6.79. The Morgan fingerprint density at radius 3 is 2.88 bits per heavy atom. The fourth-order valence-corrected chi connectivity index (χ4v) is 3.65. The first-order valence-electron chi connectivity index (χ1n) is 10.8. The quantitative estimate of drug-likeness (QED) is 0.323. The highest BCUT2D eigenvalue weighted by Gasteiger charge is 2.39. The highest BCUT2D eigenvalue weighted by molar-refractivity contribution is 5.91. The zero-order valence-electron chi connectivity index (χ0n) is 17.9.